The second-order valence-electron chi connectivity index (χ2n) is 5.33. The van der Waals surface area contributed by atoms with Crippen molar-refractivity contribution in [3.8, 4) is 0 Å². The zero-order valence-corrected chi connectivity index (χ0v) is 13.4. The molecule has 1 aromatic carbocycles. The van der Waals surface area contributed by atoms with Crippen molar-refractivity contribution >= 4 is 23.3 Å². The van der Waals surface area contributed by atoms with Gasteiger partial charge in [-0.15, -0.1) is 0 Å². The van der Waals surface area contributed by atoms with Crippen molar-refractivity contribution in [2.24, 2.45) is 5.10 Å². The highest BCUT2D eigenvalue weighted by atomic mass is 16.5. The largest absolute Gasteiger partial charge is 0.465 e. The van der Waals surface area contributed by atoms with Crippen molar-refractivity contribution in [3.63, 3.8) is 0 Å². The smallest absolute Gasteiger partial charge is 0.354 e. The van der Waals surface area contributed by atoms with Crippen molar-refractivity contribution < 1.29 is 24.2 Å². The fraction of sp³-hybridized carbons (Fsp3) is 0.438. The van der Waals surface area contributed by atoms with E-state index in [0.29, 0.717) is 24.1 Å². The molecule has 0 aliphatic carbocycles. The Morgan fingerprint density at radius 1 is 1.30 bits per heavy atom. The van der Waals surface area contributed by atoms with Gasteiger partial charge in [-0.25, -0.2) is 9.59 Å². The van der Waals surface area contributed by atoms with Gasteiger partial charge in [0.25, 0.3) is 0 Å². The van der Waals surface area contributed by atoms with Crippen LogP contribution in [-0.2, 0) is 14.3 Å². The van der Waals surface area contributed by atoms with E-state index in [9.17, 15) is 14.7 Å². The summed E-state index contributed by atoms with van der Waals surface area (Å²) in [4.78, 5) is 23.7. The Morgan fingerprint density at radius 2 is 1.96 bits per heavy atom. The Hall–Kier alpha value is -2.41. The topological polar surface area (TPSA) is 88.4 Å². The number of rotatable bonds is 5. The highest BCUT2D eigenvalue weighted by molar-refractivity contribution is 6.37. The summed E-state index contributed by atoms with van der Waals surface area (Å²) in [6.07, 6.45) is 0.173. The molecule has 124 valence electrons. The van der Waals surface area contributed by atoms with Crippen LogP contribution in [-0.4, -0.2) is 49.1 Å². The first kappa shape index (κ1) is 17.0. The van der Waals surface area contributed by atoms with E-state index in [1.807, 2.05) is 0 Å². The van der Waals surface area contributed by atoms with Gasteiger partial charge in [-0.05, 0) is 25.5 Å². The number of hydrogen-bond acceptors (Lipinski definition) is 7. The van der Waals surface area contributed by atoms with Gasteiger partial charge in [0.05, 0.1) is 37.6 Å². The third kappa shape index (κ3) is 3.68. The third-order valence-corrected chi connectivity index (χ3v) is 3.59. The lowest BCUT2D eigenvalue weighted by Gasteiger charge is -2.25. The molecule has 23 heavy (non-hydrogen) atoms. The Balaban J connectivity index is 2.42. The van der Waals surface area contributed by atoms with Crippen LogP contribution in [0, 0.1) is 0 Å². The normalized spacial score (nSPS) is 18.3. The first-order valence-corrected chi connectivity index (χ1v) is 7.28. The number of carbonyl (C=O) groups is 2. The second kappa shape index (κ2) is 7.23. The summed E-state index contributed by atoms with van der Waals surface area (Å²) in [7, 11) is 2.60. The minimum absolute atomic E-state index is 0.241. The summed E-state index contributed by atoms with van der Waals surface area (Å²) in [5, 5.41) is 15.6. The lowest BCUT2D eigenvalue weighted by molar-refractivity contribution is -0.132. The quantitative estimate of drug-likeness (QED) is 0.824. The van der Waals surface area contributed by atoms with Crippen molar-refractivity contribution in [2.45, 2.75) is 31.9 Å². The van der Waals surface area contributed by atoms with Crippen LogP contribution < -0.4 is 5.01 Å². The Morgan fingerprint density at radius 3 is 2.57 bits per heavy atom. The molecule has 0 bridgehead atoms. The Labute approximate surface area is 134 Å². The molecule has 1 aromatic rings. The number of hydrazone groups is 1. The van der Waals surface area contributed by atoms with Gasteiger partial charge in [-0.2, -0.15) is 5.10 Å². The van der Waals surface area contributed by atoms with Gasteiger partial charge in [0.2, 0.25) is 0 Å². The average Bonchev–Trinajstić information content (AvgIpc) is 2.96. The van der Waals surface area contributed by atoms with E-state index in [1.165, 1.54) is 14.2 Å². The summed E-state index contributed by atoms with van der Waals surface area (Å²) in [6, 6.07) is 6.61. The van der Waals surface area contributed by atoms with E-state index in [-0.39, 0.29) is 11.8 Å². The summed E-state index contributed by atoms with van der Waals surface area (Å²) in [5.41, 5.74) is 1.14. The number of hydrogen-bond donors (Lipinski definition) is 1. The van der Waals surface area contributed by atoms with Gasteiger partial charge in [-0.3, -0.25) is 5.01 Å². The number of anilines is 1. The lowest BCUT2D eigenvalue weighted by Crippen LogP contribution is -2.31. The van der Waals surface area contributed by atoms with Crippen LogP contribution >= 0.6 is 0 Å². The molecule has 1 N–H and O–H groups in total. The molecule has 7 heteroatoms. The molecule has 0 saturated carbocycles. The number of esters is 2. The maximum absolute atomic E-state index is 12.0. The first-order valence-electron chi connectivity index (χ1n) is 7.28. The number of nitrogens with zero attached hydrogens (tertiary/aromatic N) is 2. The number of ether oxygens (including phenoxy) is 2. The minimum atomic E-state index is -0.569. The lowest BCUT2D eigenvalue weighted by atomic mass is 10.0. The molecule has 0 fully saturated rings. The molecule has 1 aliphatic heterocycles. The van der Waals surface area contributed by atoms with Crippen LogP contribution in [0.5, 0.6) is 0 Å². The van der Waals surface area contributed by atoms with E-state index in [0.717, 1.165) is 0 Å². The Kier molecular flexibility index (Phi) is 5.33. The average molecular weight is 320 g/mol. The highest BCUT2D eigenvalue weighted by Crippen LogP contribution is 2.30. The van der Waals surface area contributed by atoms with Crippen molar-refractivity contribution in [3.05, 3.63) is 29.8 Å². The molecule has 0 amide bonds. The number of aliphatic hydroxyl groups excluding tert-OH is 1. The molecule has 2 atom stereocenters. The predicted molar refractivity (Wildman–Crippen MR) is 84.4 cm³/mol. The summed E-state index contributed by atoms with van der Waals surface area (Å²) >= 11 is 0. The van der Waals surface area contributed by atoms with Gasteiger partial charge in [0, 0.05) is 6.42 Å². The van der Waals surface area contributed by atoms with Crippen LogP contribution in [0.1, 0.15) is 30.1 Å². The highest BCUT2D eigenvalue weighted by Gasteiger charge is 2.34. The van der Waals surface area contributed by atoms with Crippen LogP contribution in [0.15, 0.2) is 29.4 Å². The molecule has 0 radical (unpaired) electrons. The van der Waals surface area contributed by atoms with E-state index >= 15 is 0 Å². The number of para-hydroxylation sites is 1. The predicted octanol–water partition coefficient (Wildman–Crippen LogP) is 1.35. The maximum atomic E-state index is 12.0. The van der Waals surface area contributed by atoms with Crippen LogP contribution in [0.4, 0.5) is 5.69 Å². The number of benzene rings is 1. The zero-order valence-electron chi connectivity index (χ0n) is 13.4. The van der Waals surface area contributed by atoms with Gasteiger partial charge in [0.1, 0.15) is 5.71 Å². The van der Waals surface area contributed by atoms with E-state index < -0.39 is 18.0 Å². The monoisotopic (exact) mass is 320 g/mol. The van der Waals surface area contributed by atoms with Crippen molar-refractivity contribution in [2.75, 3.05) is 19.2 Å². The molecule has 2 rings (SSSR count). The summed E-state index contributed by atoms with van der Waals surface area (Å²) in [6.45, 7) is 1.67. The molecular weight excluding hydrogens is 300 g/mol. The van der Waals surface area contributed by atoms with E-state index in [4.69, 9.17) is 9.47 Å². The molecule has 0 saturated heterocycles. The summed E-state index contributed by atoms with van der Waals surface area (Å²) in [5.74, 6) is -1.00. The molecule has 0 spiro atoms. The fourth-order valence-corrected chi connectivity index (χ4v) is 2.59. The third-order valence-electron chi connectivity index (χ3n) is 3.59. The van der Waals surface area contributed by atoms with Gasteiger partial charge < -0.3 is 14.6 Å². The molecule has 7 nitrogen and oxygen atoms in total. The van der Waals surface area contributed by atoms with E-state index in [2.05, 4.69) is 5.10 Å². The molecule has 0 aromatic heterocycles. The van der Waals surface area contributed by atoms with Crippen LogP contribution in [0.25, 0.3) is 0 Å². The van der Waals surface area contributed by atoms with Crippen LogP contribution in [0.3, 0.4) is 0 Å². The molecule has 1 unspecified atom stereocenters. The first-order chi connectivity index (χ1) is 11.0. The second-order valence-corrected chi connectivity index (χ2v) is 5.33. The maximum Gasteiger partial charge on any atom is 0.354 e. The number of carbonyl (C=O) groups excluding carboxylic acids is 2. The SMILES string of the molecule is COC(=O)C1=NN(c2ccccc2C(=O)OC)[C@H](CC(C)O)C1. The van der Waals surface area contributed by atoms with Crippen LogP contribution in [0.2, 0.25) is 0 Å². The molecule has 1 heterocycles. The standard InChI is InChI=1S/C16H20N2O5/c1-10(19)8-11-9-13(16(21)23-3)17-18(11)14-7-5-4-6-12(14)15(20)22-2/h4-7,10-11,19H,8-9H2,1-3H3/t10?,11-/m1/s1. The van der Waals surface area contributed by atoms with E-state index in [1.54, 1.807) is 36.2 Å². The molecular formula is C16H20N2O5. The van der Waals surface area contributed by atoms with Crippen molar-refractivity contribution in [1.29, 1.82) is 0 Å². The van der Waals surface area contributed by atoms with Gasteiger partial charge in [0.15, 0.2) is 0 Å². The van der Waals surface area contributed by atoms with Gasteiger partial charge >= 0.3 is 11.9 Å². The number of methoxy groups -OCH3 is 2. The van der Waals surface area contributed by atoms with Crippen molar-refractivity contribution in [1.82, 2.24) is 0 Å². The van der Waals surface area contributed by atoms with Gasteiger partial charge in [-0.1, -0.05) is 12.1 Å². The minimum Gasteiger partial charge on any atom is -0.465 e. The fourth-order valence-electron chi connectivity index (χ4n) is 2.59. The Bertz CT molecular complexity index is 627. The number of aliphatic hydroxyl groups is 1. The summed E-state index contributed by atoms with van der Waals surface area (Å²) < 4.78 is 9.51. The zero-order chi connectivity index (χ0) is 17.0. The molecule has 1 aliphatic rings.